The zero-order valence-electron chi connectivity index (χ0n) is 9.98. The van der Waals surface area contributed by atoms with Crippen LogP contribution in [0, 0.1) is 6.92 Å². The highest BCUT2D eigenvalue weighted by molar-refractivity contribution is 5.45. The molecule has 1 unspecified atom stereocenters. The quantitative estimate of drug-likeness (QED) is 0.826. The summed E-state index contributed by atoms with van der Waals surface area (Å²) in [6.45, 7) is 3.18. The lowest BCUT2D eigenvalue weighted by atomic mass is 10.1. The van der Waals surface area contributed by atoms with E-state index >= 15 is 0 Å². The largest absolute Gasteiger partial charge is 0.506 e. The van der Waals surface area contributed by atoms with E-state index in [9.17, 15) is 5.11 Å². The van der Waals surface area contributed by atoms with Crippen LogP contribution in [0.5, 0.6) is 5.75 Å². The highest BCUT2D eigenvalue weighted by atomic mass is 16.3. The molecule has 0 bridgehead atoms. The summed E-state index contributed by atoms with van der Waals surface area (Å²) in [5, 5.41) is 13.0. The maximum Gasteiger partial charge on any atom is 0.137 e. The topological polar surface area (TPSA) is 49.6 Å². The van der Waals surface area contributed by atoms with Crippen LogP contribution in [-0.4, -0.2) is 27.1 Å². The van der Waals surface area contributed by atoms with Gasteiger partial charge in [0.1, 0.15) is 11.4 Å². The third-order valence-corrected chi connectivity index (χ3v) is 3.54. The van der Waals surface area contributed by atoms with Gasteiger partial charge in [0.2, 0.25) is 0 Å². The van der Waals surface area contributed by atoms with Crippen LogP contribution in [-0.2, 0) is 6.42 Å². The maximum atomic E-state index is 9.49. The second-order valence-electron chi connectivity index (χ2n) is 4.76. The fourth-order valence-electron chi connectivity index (χ4n) is 2.56. The van der Waals surface area contributed by atoms with Crippen molar-refractivity contribution in [3.05, 3.63) is 29.7 Å². The SMILES string of the molecule is Cc1c(CC2CCCN2)nc2ccc(O)cn12. The van der Waals surface area contributed by atoms with E-state index in [1.54, 1.807) is 12.3 Å². The predicted octanol–water partition coefficient (Wildman–Crippen LogP) is 1.64. The summed E-state index contributed by atoms with van der Waals surface area (Å²) in [5.74, 6) is 0.281. The molecule has 1 atom stereocenters. The fourth-order valence-corrected chi connectivity index (χ4v) is 2.56. The Morgan fingerprint density at radius 3 is 3.18 bits per heavy atom. The molecule has 3 rings (SSSR count). The van der Waals surface area contributed by atoms with Gasteiger partial charge in [-0.1, -0.05) is 0 Å². The molecule has 2 N–H and O–H groups in total. The van der Waals surface area contributed by atoms with Crippen molar-refractivity contribution >= 4 is 5.65 Å². The Labute approximate surface area is 100 Å². The number of hydrogen-bond acceptors (Lipinski definition) is 3. The van der Waals surface area contributed by atoms with Crippen LogP contribution in [0.15, 0.2) is 18.3 Å². The lowest BCUT2D eigenvalue weighted by molar-refractivity contribution is 0.471. The second-order valence-corrected chi connectivity index (χ2v) is 4.76. The zero-order chi connectivity index (χ0) is 11.8. The van der Waals surface area contributed by atoms with E-state index in [-0.39, 0.29) is 5.75 Å². The molecule has 4 nitrogen and oxygen atoms in total. The van der Waals surface area contributed by atoms with E-state index in [0.29, 0.717) is 6.04 Å². The van der Waals surface area contributed by atoms with Crippen molar-refractivity contribution in [2.75, 3.05) is 6.54 Å². The lowest BCUT2D eigenvalue weighted by Crippen LogP contribution is -2.24. The average Bonchev–Trinajstić information content (AvgIpc) is 2.91. The van der Waals surface area contributed by atoms with Crippen molar-refractivity contribution in [3.63, 3.8) is 0 Å². The van der Waals surface area contributed by atoms with E-state index in [2.05, 4.69) is 17.2 Å². The Morgan fingerprint density at radius 1 is 1.53 bits per heavy atom. The summed E-state index contributed by atoms with van der Waals surface area (Å²) in [6, 6.07) is 4.10. The molecule has 0 amide bonds. The molecule has 90 valence electrons. The number of fused-ring (bicyclic) bond motifs is 1. The molecular formula is C13H17N3O. The van der Waals surface area contributed by atoms with Crippen molar-refractivity contribution < 1.29 is 5.11 Å². The smallest absolute Gasteiger partial charge is 0.137 e. The number of hydrogen-bond donors (Lipinski definition) is 2. The number of rotatable bonds is 2. The van der Waals surface area contributed by atoms with Crippen LogP contribution in [0.3, 0.4) is 0 Å². The molecule has 2 aromatic heterocycles. The molecule has 0 aromatic carbocycles. The second kappa shape index (κ2) is 4.04. The van der Waals surface area contributed by atoms with Crippen LogP contribution in [0.4, 0.5) is 0 Å². The minimum absolute atomic E-state index is 0.281. The molecule has 4 heteroatoms. The van der Waals surface area contributed by atoms with Crippen LogP contribution < -0.4 is 5.32 Å². The lowest BCUT2D eigenvalue weighted by Gasteiger charge is -2.08. The molecule has 2 aromatic rings. The highest BCUT2D eigenvalue weighted by Crippen LogP contribution is 2.19. The molecule has 1 saturated heterocycles. The summed E-state index contributed by atoms with van der Waals surface area (Å²) >= 11 is 0. The number of aryl methyl sites for hydroxylation is 1. The number of nitrogens with one attached hydrogen (secondary N) is 1. The van der Waals surface area contributed by atoms with Crippen LogP contribution in [0.25, 0.3) is 5.65 Å². The molecule has 1 aliphatic heterocycles. The first-order valence-corrected chi connectivity index (χ1v) is 6.14. The minimum atomic E-state index is 0.281. The Balaban J connectivity index is 1.96. The van der Waals surface area contributed by atoms with E-state index in [4.69, 9.17) is 0 Å². The van der Waals surface area contributed by atoms with Crippen molar-refractivity contribution in [1.29, 1.82) is 0 Å². The van der Waals surface area contributed by atoms with Crippen molar-refractivity contribution in [2.24, 2.45) is 0 Å². The van der Waals surface area contributed by atoms with Crippen LogP contribution >= 0.6 is 0 Å². The summed E-state index contributed by atoms with van der Waals surface area (Å²) in [5.41, 5.74) is 3.17. The molecule has 17 heavy (non-hydrogen) atoms. The summed E-state index contributed by atoms with van der Waals surface area (Å²) < 4.78 is 1.96. The Bertz CT molecular complexity index is 541. The normalized spacial score (nSPS) is 20.2. The van der Waals surface area contributed by atoms with Crippen molar-refractivity contribution in [2.45, 2.75) is 32.2 Å². The Hall–Kier alpha value is -1.55. The molecule has 0 radical (unpaired) electrons. The van der Waals surface area contributed by atoms with Gasteiger partial charge in [-0.05, 0) is 38.4 Å². The van der Waals surface area contributed by atoms with Gasteiger partial charge >= 0.3 is 0 Å². The summed E-state index contributed by atoms with van der Waals surface area (Å²) in [7, 11) is 0. The van der Waals surface area contributed by atoms with Crippen LogP contribution in [0.2, 0.25) is 0 Å². The first-order valence-electron chi connectivity index (χ1n) is 6.14. The molecular weight excluding hydrogens is 214 g/mol. The average molecular weight is 231 g/mol. The molecule has 1 fully saturated rings. The van der Waals surface area contributed by atoms with Crippen LogP contribution in [0.1, 0.15) is 24.2 Å². The molecule has 3 heterocycles. The van der Waals surface area contributed by atoms with E-state index < -0.39 is 0 Å². The first kappa shape index (κ1) is 10.6. The van der Waals surface area contributed by atoms with Gasteiger partial charge in [-0.15, -0.1) is 0 Å². The number of pyridine rings is 1. The van der Waals surface area contributed by atoms with E-state index in [1.807, 2.05) is 10.5 Å². The van der Waals surface area contributed by atoms with Gasteiger partial charge in [-0.3, -0.25) is 0 Å². The summed E-state index contributed by atoms with van der Waals surface area (Å²) in [4.78, 5) is 4.63. The van der Waals surface area contributed by atoms with Gasteiger partial charge in [-0.2, -0.15) is 0 Å². The Kier molecular flexibility index (Phi) is 2.52. The van der Waals surface area contributed by atoms with E-state index in [1.165, 1.54) is 12.8 Å². The van der Waals surface area contributed by atoms with Gasteiger partial charge in [-0.25, -0.2) is 4.98 Å². The third-order valence-electron chi connectivity index (χ3n) is 3.54. The van der Waals surface area contributed by atoms with Gasteiger partial charge in [0, 0.05) is 18.2 Å². The van der Waals surface area contributed by atoms with Gasteiger partial charge in [0.15, 0.2) is 0 Å². The number of aromatic nitrogens is 2. The van der Waals surface area contributed by atoms with Gasteiger partial charge < -0.3 is 14.8 Å². The molecule has 1 aliphatic rings. The molecule has 0 saturated carbocycles. The first-order chi connectivity index (χ1) is 8.24. The third kappa shape index (κ3) is 1.89. The number of aromatic hydroxyl groups is 1. The minimum Gasteiger partial charge on any atom is -0.506 e. The monoisotopic (exact) mass is 231 g/mol. The maximum absolute atomic E-state index is 9.49. The molecule has 0 spiro atoms. The number of nitrogens with zero attached hydrogens (tertiary/aromatic N) is 2. The standard InChI is InChI=1S/C13H17N3O/c1-9-12(7-10-3-2-6-14-10)15-13-5-4-11(17)8-16(9)13/h4-5,8,10,14,17H,2-3,6-7H2,1H3. The predicted molar refractivity (Wildman–Crippen MR) is 66.3 cm³/mol. The zero-order valence-corrected chi connectivity index (χ0v) is 9.98. The molecule has 0 aliphatic carbocycles. The fraction of sp³-hybridized carbons (Fsp3) is 0.462. The van der Waals surface area contributed by atoms with Crippen molar-refractivity contribution in [1.82, 2.24) is 14.7 Å². The van der Waals surface area contributed by atoms with E-state index in [0.717, 1.165) is 30.0 Å². The summed E-state index contributed by atoms with van der Waals surface area (Å²) in [6.07, 6.45) is 5.20. The van der Waals surface area contributed by atoms with Gasteiger partial charge in [0.25, 0.3) is 0 Å². The van der Waals surface area contributed by atoms with Gasteiger partial charge in [0.05, 0.1) is 11.9 Å². The number of imidazole rings is 1. The highest BCUT2D eigenvalue weighted by Gasteiger charge is 2.18. The Morgan fingerprint density at radius 2 is 2.41 bits per heavy atom. The van der Waals surface area contributed by atoms with Crippen molar-refractivity contribution in [3.8, 4) is 5.75 Å².